The monoisotopic (exact) mass is 178 g/mol. The molecule has 0 amide bonds. The van der Waals surface area contributed by atoms with Crippen LogP contribution < -0.4 is 4.74 Å². The van der Waals surface area contributed by atoms with E-state index in [4.69, 9.17) is 4.74 Å². The van der Waals surface area contributed by atoms with Crippen molar-refractivity contribution in [3.8, 4) is 5.75 Å². The average molecular weight is 178 g/mol. The second kappa shape index (κ2) is 3.32. The summed E-state index contributed by atoms with van der Waals surface area (Å²) in [6.07, 6.45) is 2.85. The third-order valence-electron chi connectivity index (χ3n) is 2.44. The maximum Gasteiger partial charge on any atom is 0.147 e. The molecule has 0 unspecified atom stereocenters. The summed E-state index contributed by atoms with van der Waals surface area (Å²) >= 11 is 0. The zero-order chi connectivity index (χ0) is 9.26. The van der Waals surface area contributed by atoms with Crippen LogP contribution in [0.1, 0.15) is 30.8 Å². The fourth-order valence-corrected chi connectivity index (χ4v) is 1.73. The molecule has 0 saturated heterocycles. The van der Waals surface area contributed by atoms with Crippen LogP contribution in [-0.2, 0) is 19.3 Å². The molecule has 3 nitrogen and oxygen atoms in total. The first kappa shape index (κ1) is 8.48. The van der Waals surface area contributed by atoms with Gasteiger partial charge in [-0.25, -0.2) is 0 Å². The van der Waals surface area contributed by atoms with Crippen LogP contribution in [0.5, 0.6) is 5.75 Å². The van der Waals surface area contributed by atoms with Gasteiger partial charge in [-0.05, 0) is 12.8 Å². The lowest BCUT2D eigenvalue weighted by atomic mass is 10.1. The lowest BCUT2D eigenvalue weighted by Gasteiger charge is -2.06. The smallest absolute Gasteiger partial charge is 0.147 e. The Morgan fingerprint density at radius 1 is 1.15 bits per heavy atom. The largest absolute Gasteiger partial charge is 0.491 e. The highest BCUT2D eigenvalue weighted by Crippen LogP contribution is 2.30. The van der Waals surface area contributed by atoms with Crippen molar-refractivity contribution in [3.05, 3.63) is 17.0 Å². The fourth-order valence-electron chi connectivity index (χ4n) is 1.73. The molecule has 2 heterocycles. The standard InChI is InChI=1S/C10H14N2O/c1-3-8-7-5-6-13-10(7)9(4-2)12-11-8/h3-6H2,1-2H3. The van der Waals surface area contributed by atoms with Crippen molar-refractivity contribution in [2.75, 3.05) is 6.61 Å². The molecule has 0 saturated carbocycles. The number of ether oxygens (including phenoxy) is 1. The topological polar surface area (TPSA) is 35.0 Å². The van der Waals surface area contributed by atoms with E-state index < -0.39 is 0 Å². The van der Waals surface area contributed by atoms with Crippen LogP contribution in [0.15, 0.2) is 0 Å². The molecule has 0 N–H and O–H groups in total. The third-order valence-corrected chi connectivity index (χ3v) is 2.44. The predicted molar refractivity (Wildman–Crippen MR) is 50.0 cm³/mol. The SMILES string of the molecule is CCc1nnc(CC)c2c1CCO2. The first-order valence-electron chi connectivity index (χ1n) is 4.86. The van der Waals surface area contributed by atoms with Crippen molar-refractivity contribution in [1.29, 1.82) is 0 Å². The highest BCUT2D eigenvalue weighted by atomic mass is 16.5. The van der Waals surface area contributed by atoms with Crippen LogP contribution in [0.2, 0.25) is 0 Å². The van der Waals surface area contributed by atoms with E-state index in [9.17, 15) is 0 Å². The molecule has 1 aromatic heterocycles. The van der Waals surface area contributed by atoms with Gasteiger partial charge in [0.1, 0.15) is 11.4 Å². The van der Waals surface area contributed by atoms with Gasteiger partial charge in [-0.2, -0.15) is 10.2 Å². The van der Waals surface area contributed by atoms with Crippen LogP contribution in [-0.4, -0.2) is 16.8 Å². The molecule has 2 rings (SSSR count). The summed E-state index contributed by atoms with van der Waals surface area (Å²) in [5.41, 5.74) is 3.39. The van der Waals surface area contributed by atoms with Gasteiger partial charge >= 0.3 is 0 Å². The summed E-state index contributed by atoms with van der Waals surface area (Å²) in [7, 11) is 0. The molecular weight excluding hydrogens is 164 g/mol. The molecule has 1 aromatic rings. The number of aromatic nitrogens is 2. The lowest BCUT2D eigenvalue weighted by molar-refractivity contribution is 0.351. The van der Waals surface area contributed by atoms with Crippen molar-refractivity contribution >= 4 is 0 Å². The molecule has 3 heteroatoms. The van der Waals surface area contributed by atoms with Crippen molar-refractivity contribution < 1.29 is 4.74 Å². The molecule has 1 aliphatic heterocycles. The molecule has 0 bridgehead atoms. The van der Waals surface area contributed by atoms with Crippen molar-refractivity contribution in [2.24, 2.45) is 0 Å². The first-order valence-corrected chi connectivity index (χ1v) is 4.86. The van der Waals surface area contributed by atoms with Gasteiger partial charge in [0, 0.05) is 12.0 Å². The second-order valence-corrected chi connectivity index (χ2v) is 3.21. The predicted octanol–water partition coefficient (Wildman–Crippen LogP) is 1.54. The highest BCUT2D eigenvalue weighted by Gasteiger charge is 2.20. The van der Waals surface area contributed by atoms with E-state index >= 15 is 0 Å². The molecule has 0 fully saturated rings. The van der Waals surface area contributed by atoms with Crippen LogP contribution in [0, 0.1) is 0 Å². The van der Waals surface area contributed by atoms with Gasteiger partial charge < -0.3 is 4.74 Å². The number of aryl methyl sites for hydroxylation is 2. The van der Waals surface area contributed by atoms with E-state index in [-0.39, 0.29) is 0 Å². The molecule has 0 atom stereocenters. The molecular formula is C10H14N2O. The Labute approximate surface area is 78.1 Å². The molecule has 0 aliphatic carbocycles. The third kappa shape index (κ3) is 1.28. The van der Waals surface area contributed by atoms with Gasteiger partial charge in [0.05, 0.1) is 12.3 Å². The molecule has 13 heavy (non-hydrogen) atoms. The van der Waals surface area contributed by atoms with E-state index in [0.717, 1.165) is 43.0 Å². The minimum Gasteiger partial charge on any atom is -0.491 e. The van der Waals surface area contributed by atoms with Crippen LogP contribution >= 0.6 is 0 Å². The summed E-state index contributed by atoms with van der Waals surface area (Å²) in [4.78, 5) is 0. The quantitative estimate of drug-likeness (QED) is 0.689. The first-order chi connectivity index (χ1) is 6.36. The lowest BCUT2D eigenvalue weighted by Crippen LogP contribution is -2.01. The van der Waals surface area contributed by atoms with Crippen LogP contribution in [0.4, 0.5) is 0 Å². The minimum atomic E-state index is 0.794. The molecule has 70 valence electrons. The summed E-state index contributed by atoms with van der Waals surface area (Å²) < 4.78 is 5.56. The van der Waals surface area contributed by atoms with E-state index in [2.05, 4.69) is 24.0 Å². The van der Waals surface area contributed by atoms with Crippen molar-refractivity contribution in [2.45, 2.75) is 33.1 Å². The molecule has 0 spiro atoms. The van der Waals surface area contributed by atoms with E-state index in [0.29, 0.717) is 0 Å². The van der Waals surface area contributed by atoms with Crippen molar-refractivity contribution in [3.63, 3.8) is 0 Å². The number of hydrogen-bond acceptors (Lipinski definition) is 3. The van der Waals surface area contributed by atoms with Gasteiger partial charge in [-0.3, -0.25) is 0 Å². The van der Waals surface area contributed by atoms with Gasteiger partial charge in [-0.1, -0.05) is 13.8 Å². The molecule has 0 radical (unpaired) electrons. The summed E-state index contributed by atoms with van der Waals surface area (Å²) in [5, 5.41) is 8.37. The summed E-state index contributed by atoms with van der Waals surface area (Å²) in [5.74, 6) is 1.01. The Hall–Kier alpha value is -1.12. The Morgan fingerprint density at radius 2 is 1.85 bits per heavy atom. The number of rotatable bonds is 2. The van der Waals surface area contributed by atoms with E-state index in [1.165, 1.54) is 5.56 Å². The Balaban J connectivity index is 2.52. The Bertz CT molecular complexity index is 292. The zero-order valence-electron chi connectivity index (χ0n) is 8.13. The summed E-state index contributed by atoms with van der Waals surface area (Å²) in [6.45, 7) is 4.98. The number of hydrogen-bond donors (Lipinski definition) is 0. The van der Waals surface area contributed by atoms with E-state index in [1.54, 1.807) is 0 Å². The number of fused-ring (bicyclic) bond motifs is 1. The maximum absolute atomic E-state index is 5.56. The van der Waals surface area contributed by atoms with Crippen molar-refractivity contribution in [1.82, 2.24) is 10.2 Å². The van der Waals surface area contributed by atoms with Gasteiger partial charge in [-0.15, -0.1) is 0 Å². The average Bonchev–Trinajstić information content (AvgIpc) is 2.64. The fraction of sp³-hybridized carbons (Fsp3) is 0.600. The Kier molecular flexibility index (Phi) is 2.17. The van der Waals surface area contributed by atoms with Gasteiger partial charge in [0.2, 0.25) is 0 Å². The van der Waals surface area contributed by atoms with Crippen LogP contribution in [0.3, 0.4) is 0 Å². The van der Waals surface area contributed by atoms with Crippen LogP contribution in [0.25, 0.3) is 0 Å². The normalized spacial score (nSPS) is 14.0. The Morgan fingerprint density at radius 3 is 2.54 bits per heavy atom. The minimum absolute atomic E-state index is 0.794. The molecule has 0 aromatic carbocycles. The maximum atomic E-state index is 5.56. The second-order valence-electron chi connectivity index (χ2n) is 3.21. The van der Waals surface area contributed by atoms with Gasteiger partial charge in [0.15, 0.2) is 0 Å². The highest BCUT2D eigenvalue weighted by molar-refractivity contribution is 5.42. The number of nitrogens with zero attached hydrogens (tertiary/aromatic N) is 2. The van der Waals surface area contributed by atoms with Gasteiger partial charge in [0.25, 0.3) is 0 Å². The summed E-state index contributed by atoms with van der Waals surface area (Å²) in [6, 6.07) is 0. The zero-order valence-corrected chi connectivity index (χ0v) is 8.13. The molecule has 1 aliphatic rings. The van der Waals surface area contributed by atoms with E-state index in [1.807, 2.05) is 0 Å².